The van der Waals surface area contributed by atoms with Crippen molar-refractivity contribution < 1.29 is 14.3 Å². The van der Waals surface area contributed by atoms with E-state index in [1.54, 1.807) is 29.7 Å². The van der Waals surface area contributed by atoms with Crippen LogP contribution in [-0.2, 0) is 27.3 Å². The van der Waals surface area contributed by atoms with Crippen LogP contribution in [0.2, 0.25) is 0 Å². The summed E-state index contributed by atoms with van der Waals surface area (Å²) in [5.74, 6) is -0.669. The summed E-state index contributed by atoms with van der Waals surface area (Å²) < 4.78 is 5.30. The van der Waals surface area contributed by atoms with E-state index in [0.717, 1.165) is 22.4 Å². The number of benzene rings is 2. The van der Waals surface area contributed by atoms with Gasteiger partial charge in [0, 0.05) is 24.1 Å². The number of thioether (sulfide) groups is 1. The lowest BCUT2D eigenvalue weighted by molar-refractivity contribution is -0.155. The number of rotatable bonds is 5. The van der Waals surface area contributed by atoms with Crippen LogP contribution in [0.1, 0.15) is 23.6 Å². The van der Waals surface area contributed by atoms with Crippen LogP contribution in [0.15, 0.2) is 59.5 Å². The highest BCUT2D eigenvalue weighted by molar-refractivity contribution is 7.98. The number of esters is 1. The molecule has 1 amide bonds. The Morgan fingerprint density at radius 3 is 2.52 bits per heavy atom. The van der Waals surface area contributed by atoms with Crippen LogP contribution in [0, 0.1) is 0 Å². The molecule has 0 saturated carbocycles. The Labute approximate surface area is 164 Å². The quantitative estimate of drug-likeness (QED) is 0.447. The molecular weight excluding hydrogens is 358 g/mol. The molecule has 0 spiro atoms. The zero-order valence-electron chi connectivity index (χ0n) is 15.6. The second-order valence-corrected chi connectivity index (χ2v) is 7.34. The van der Waals surface area contributed by atoms with Crippen molar-refractivity contribution in [2.75, 3.05) is 12.8 Å². The summed E-state index contributed by atoms with van der Waals surface area (Å²) in [5.41, 5.74) is 3.35. The zero-order valence-corrected chi connectivity index (χ0v) is 16.4. The van der Waals surface area contributed by atoms with Crippen molar-refractivity contribution >= 4 is 29.7 Å². The summed E-state index contributed by atoms with van der Waals surface area (Å²) in [6.07, 6.45) is 5.10. The van der Waals surface area contributed by atoms with Crippen molar-refractivity contribution in [3.8, 4) is 0 Å². The minimum atomic E-state index is -0.800. The summed E-state index contributed by atoms with van der Waals surface area (Å²) in [4.78, 5) is 27.6. The maximum atomic E-state index is 12.6. The van der Waals surface area contributed by atoms with Crippen LogP contribution in [0.25, 0.3) is 6.08 Å². The highest BCUT2D eigenvalue weighted by atomic mass is 32.2. The second kappa shape index (κ2) is 8.91. The molecule has 27 heavy (non-hydrogen) atoms. The van der Waals surface area contributed by atoms with Gasteiger partial charge in [-0.25, -0.2) is 4.79 Å². The first kappa shape index (κ1) is 19.2. The third-order valence-electron chi connectivity index (χ3n) is 4.61. The van der Waals surface area contributed by atoms with Gasteiger partial charge >= 0.3 is 5.97 Å². The molecule has 1 aliphatic rings. The van der Waals surface area contributed by atoms with Gasteiger partial charge in [0.25, 0.3) is 5.91 Å². The van der Waals surface area contributed by atoms with Crippen LogP contribution in [0.5, 0.6) is 0 Å². The molecule has 0 unspecified atom stereocenters. The maximum absolute atomic E-state index is 12.6. The Hall–Kier alpha value is -2.53. The standard InChI is InChI=1S/C22H23NO3S/c1-16(22(25)23-14-13-18-5-3-4-6-19(18)15-23)26-21(24)12-9-17-7-10-20(27-2)11-8-17/h3-12,16H,13-15H2,1-2H3/b12-9+/t16-/m0/s1. The molecule has 2 aromatic rings. The van der Waals surface area contributed by atoms with Crippen molar-refractivity contribution in [2.45, 2.75) is 30.9 Å². The molecule has 1 aliphatic heterocycles. The van der Waals surface area contributed by atoms with Crippen molar-refractivity contribution in [2.24, 2.45) is 0 Å². The molecule has 1 atom stereocenters. The van der Waals surface area contributed by atoms with E-state index in [-0.39, 0.29) is 5.91 Å². The van der Waals surface area contributed by atoms with Crippen LogP contribution in [0.3, 0.4) is 0 Å². The lowest BCUT2D eigenvalue weighted by Crippen LogP contribution is -2.42. The van der Waals surface area contributed by atoms with Crippen molar-refractivity contribution in [1.82, 2.24) is 4.90 Å². The largest absolute Gasteiger partial charge is 0.449 e. The third-order valence-corrected chi connectivity index (χ3v) is 5.35. The number of nitrogens with zero attached hydrogens (tertiary/aromatic N) is 1. The third kappa shape index (κ3) is 5.01. The molecule has 0 bridgehead atoms. The molecule has 0 fully saturated rings. The fourth-order valence-electron chi connectivity index (χ4n) is 3.08. The molecule has 0 aliphatic carbocycles. The van der Waals surface area contributed by atoms with Crippen LogP contribution in [0.4, 0.5) is 0 Å². The minimum Gasteiger partial charge on any atom is -0.449 e. The summed E-state index contributed by atoms with van der Waals surface area (Å²) in [6.45, 7) is 2.84. The van der Waals surface area contributed by atoms with Crippen LogP contribution in [-0.4, -0.2) is 35.7 Å². The maximum Gasteiger partial charge on any atom is 0.331 e. The molecule has 2 aromatic carbocycles. The van der Waals surface area contributed by atoms with E-state index in [4.69, 9.17) is 4.74 Å². The number of fused-ring (bicyclic) bond motifs is 1. The van der Waals surface area contributed by atoms with Gasteiger partial charge in [-0.2, -0.15) is 0 Å². The first-order chi connectivity index (χ1) is 13.1. The number of ether oxygens (including phenoxy) is 1. The SMILES string of the molecule is CSc1ccc(/C=C/C(=O)O[C@@H](C)C(=O)N2CCc3ccccc3C2)cc1. The number of carbonyl (C=O) groups excluding carboxylic acids is 2. The van der Waals surface area contributed by atoms with Crippen LogP contribution >= 0.6 is 11.8 Å². The molecular formula is C22H23NO3S. The molecule has 0 saturated heterocycles. The first-order valence-corrected chi connectivity index (χ1v) is 10.2. The Bertz CT molecular complexity index is 845. The van der Waals surface area contributed by atoms with Crippen molar-refractivity contribution in [3.63, 3.8) is 0 Å². The summed E-state index contributed by atoms with van der Waals surface area (Å²) in [5, 5.41) is 0. The topological polar surface area (TPSA) is 46.6 Å². The van der Waals surface area contributed by atoms with E-state index in [0.29, 0.717) is 13.1 Å². The molecule has 5 heteroatoms. The number of carbonyl (C=O) groups is 2. The average molecular weight is 381 g/mol. The summed E-state index contributed by atoms with van der Waals surface area (Å²) in [6, 6.07) is 16.0. The first-order valence-electron chi connectivity index (χ1n) is 8.95. The van der Waals surface area contributed by atoms with E-state index in [9.17, 15) is 9.59 Å². The number of hydrogen-bond acceptors (Lipinski definition) is 4. The second-order valence-electron chi connectivity index (χ2n) is 6.46. The minimum absolute atomic E-state index is 0.157. The van der Waals surface area contributed by atoms with Crippen LogP contribution < -0.4 is 0 Å². The van der Waals surface area contributed by atoms with Gasteiger partial charge in [0.1, 0.15) is 0 Å². The molecule has 140 valence electrons. The Balaban J connectivity index is 1.54. The van der Waals surface area contributed by atoms with Gasteiger partial charge in [-0.05, 0) is 54.5 Å². The lowest BCUT2D eigenvalue weighted by atomic mass is 9.99. The number of hydrogen-bond donors (Lipinski definition) is 0. The van der Waals surface area contributed by atoms with E-state index in [1.807, 2.05) is 48.7 Å². The summed E-state index contributed by atoms with van der Waals surface area (Å²) in [7, 11) is 0. The fraction of sp³-hybridized carbons (Fsp3) is 0.273. The molecule has 4 nitrogen and oxygen atoms in total. The van der Waals surface area contributed by atoms with Gasteiger partial charge < -0.3 is 9.64 Å². The van der Waals surface area contributed by atoms with Gasteiger partial charge in [-0.15, -0.1) is 11.8 Å². The van der Waals surface area contributed by atoms with E-state index in [1.165, 1.54) is 11.6 Å². The van der Waals surface area contributed by atoms with Gasteiger partial charge in [-0.3, -0.25) is 4.79 Å². The van der Waals surface area contributed by atoms with Gasteiger partial charge in [0.05, 0.1) is 0 Å². The van der Waals surface area contributed by atoms with E-state index in [2.05, 4.69) is 6.07 Å². The highest BCUT2D eigenvalue weighted by Gasteiger charge is 2.26. The zero-order chi connectivity index (χ0) is 19.2. The van der Waals surface area contributed by atoms with Gasteiger partial charge in [0.15, 0.2) is 6.10 Å². The Kier molecular flexibility index (Phi) is 6.35. The molecule has 0 radical (unpaired) electrons. The highest BCUT2D eigenvalue weighted by Crippen LogP contribution is 2.19. The normalized spacial score (nSPS) is 14.7. The fourth-order valence-corrected chi connectivity index (χ4v) is 3.49. The average Bonchev–Trinajstić information content (AvgIpc) is 2.71. The van der Waals surface area contributed by atoms with Crippen molar-refractivity contribution in [3.05, 3.63) is 71.3 Å². The number of amides is 1. The lowest BCUT2D eigenvalue weighted by Gasteiger charge is -2.30. The molecule has 3 rings (SSSR count). The smallest absolute Gasteiger partial charge is 0.331 e. The monoisotopic (exact) mass is 381 g/mol. The summed E-state index contributed by atoms with van der Waals surface area (Å²) >= 11 is 1.66. The van der Waals surface area contributed by atoms with E-state index >= 15 is 0 Å². The van der Waals surface area contributed by atoms with E-state index < -0.39 is 12.1 Å². The van der Waals surface area contributed by atoms with Crippen molar-refractivity contribution in [1.29, 1.82) is 0 Å². The molecule has 1 heterocycles. The Morgan fingerprint density at radius 2 is 1.81 bits per heavy atom. The Morgan fingerprint density at radius 1 is 1.11 bits per heavy atom. The predicted molar refractivity (Wildman–Crippen MR) is 108 cm³/mol. The van der Waals surface area contributed by atoms with Gasteiger partial charge in [0.2, 0.25) is 0 Å². The molecule has 0 N–H and O–H groups in total. The predicted octanol–water partition coefficient (Wildman–Crippen LogP) is 3.94. The molecule has 0 aromatic heterocycles. The van der Waals surface area contributed by atoms with Gasteiger partial charge in [-0.1, -0.05) is 36.4 Å².